The highest BCUT2D eigenvalue weighted by atomic mass is 16.5. The number of ether oxygens (including phenoxy) is 1. The van der Waals surface area contributed by atoms with E-state index in [0.717, 1.165) is 54.2 Å². The lowest BCUT2D eigenvalue weighted by molar-refractivity contribution is 0.102. The van der Waals surface area contributed by atoms with Crippen molar-refractivity contribution < 1.29 is 9.53 Å². The molecule has 0 spiro atoms. The quantitative estimate of drug-likeness (QED) is 0.425. The number of nitrogens with zero attached hydrogens (tertiary/aromatic N) is 3. The number of amides is 1. The number of rotatable bonds is 6. The molecule has 39 heavy (non-hydrogen) atoms. The van der Waals surface area contributed by atoms with Crippen molar-refractivity contribution >= 4 is 35.8 Å². The van der Waals surface area contributed by atoms with Gasteiger partial charge in [-0.1, -0.05) is 58.9 Å². The van der Waals surface area contributed by atoms with Gasteiger partial charge in [-0.3, -0.25) is 9.78 Å². The largest absolute Gasteiger partial charge is 0.378 e. The molecule has 1 amide bonds. The van der Waals surface area contributed by atoms with Gasteiger partial charge in [0.15, 0.2) is 0 Å². The van der Waals surface area contributed by atoms with Crippen LogP contribution < -0.4 is 26.2 Å². The van der Waals surface area contributed by atoms with Gasteiger partial charge >= 0.3 is 0 Å². The average Bonchev–Trinajstić information content (AvgIpc) is 2.95. The average molecular weight is 532 g/mol. The zero-order valence-electron chi connectivity index (χ0n) is 24.7. The third-order valence-corrected chi connectivity index (χ3v) is 5.97. The number of hydrogen-bond acceptors (Lipinski definition) is 6. The van der Waals surface area contributed by atoms with Gasteiger partial charge < -0.3 is 20.3 Å². The monoisotopic (exact) mass is 531 g/mol. The van der Waals surface area contributed by atoms with Crippen molar-refractivity contribution in [2.24, 2.45) is 0 Å². The fourth-order valence-electron chi connectivity index (χ4n) is 4.10. The van der Waals surface area contributed by atoms with E-state index < -0.39 is 0 Å². The highest BCUT2D eigenvalue weighted by Crippen LogP contribution is 2.24. The lowest BCUT2D eigenvalue weighted by Crippen LogP contribution is -2.36. The highest BCUT2D eigenvalue weighted by molar-refractivity contribution is 6.04. The number of morpholine rings is 1. The topological polar surface area (TPSA) is 79.4 Å². The molecule has 1 aromatic heterocycles. The van der Waals surface area contributed by atoms with Crippen molar-refractivity contribution in [1.29, 1.82) is 0 Å². The molecule has 1 aliphatic heterocycles. The SMILES string of the molecule is C=c1nc(NC(C)c2cccc(NC(=O)c3ccc(N4CCOCC4)c(C)c3)c2)cn/c1=C/C.CC.CCC. The Morgan fingerprint density at radius 2 is 1.85 bits per heavy atom. The Hall–Kier alpha value is -3.71. The fraction of sp³-hybridized carbons (Fsp3) is 0.406. The Morgan fingerprint density at radius 3 is 2.46 bits per heavy atom. The number of aromatic nitrogens is 2. The van der Waals surface area contributed by atoms with E-state index in [1.54, 1.807) is 6.20 Å². The van der Waals surface area contributed by atoms with E-state index in [2.05, 4.69) is 45.9 Å². The predicted octanol–water partition coefficient (Wildman–Crippen LogP) is 5.70. The first-order valence-corrected chi connectivity index (χ1v) is 14.0. The standard InChI is InChI=1S/C27H31N5O2.C3H8.C2H6/c1-5-24-20(4)30-26(17-28-24)29-19(3)21-7-6-8-23(16-21)31-27(33)22-9-10-25(18(2)15-22)32-11-13-34-14-12-32;1-3-2;1-2/h5-10,15-17,19H,4,11-14H2,1-3H3,(H,29,30)(H,31,33);3H2,1-2H3;1-2H3/b24-5+;;. The second-order valence-electron chi connectivity index (χ2n) is 9.13. The molecule has 1 atom stereocenters. The normalized spacial score (nSPS) is 13.8. The van der Waals surface area contributed by atoms with Gasteiger partial charge in [0.25, 0.3) is 5.91 Å². The van der Waals surface area contributed by atoms with Crippen LogP contribution in [0.15, 0.2) is 48.7 Å². The van der Waals surface area contributed by atoms with Crippen LogP contribution in [0.2, 0.25) is 0 Å². The smallest absolute Gasteiger partial charge is 0.255 e. The molecule has 2 aromatic carbocycles. The molecule has 0 saturated carbocycles. The first-order chi connectivity index (χ1) is 18.9. The van der Waals surface area contributed by atoms with Crippen LogP contribution in [0.5, 0.6) is 0 Å². The Balaban J connectivity index is 0.000000998. The van der Waals surface area contributed by atoms with Crippen LogP contribution in [0.4, 0.5) is 17.2 Å². The summed E-state index contributed by atoms with van der Waals surface area (Å²) in [6, 6.07) is 13.6. The predicted molar refractivity (Wildman–Crippen MR) is 165 cm³/mol. The lowest BCUT2D eigenvalue weighted by atomic mass is 10.1. The number of nitrogens with one attached hydrogen (secondary N) is 2. The maximum absolute atomic E-state index is 12.9. The third kappa shape index (κ3) is 9.21. The van der Waals surface area contributed by atoms with E-state index >= 15 is 0 Å². The number of benzene rings is 2. The molecule has 7 heteroatoms. The summed E-state index contributed by atoms with van der Waals surface area (Å²) in [6.45, 7) is 21.4. The highest BCUT2D eigenvalue weighted by Gasteiger charge is 2.15. The molecule has 210 valence electrons. The molecule has 1 saturated heterocycles. The fourth-order valence-corrected chi connectivity index (χ4v) is 4.10. The molecule has 0 aliphatic carbocycles. The first kappa shape index (κ1) is 31.5. The van der Waals surface area contributed by atoms with Crippen molar-refractivity contribution in [1.82, 2.24) is 9.97 Å². The molecule has 2 N–H and O–H groups in total. The van der Waals surface area contributed by atoms with Gasteiger partial charge in [0.1, 0.15) is 5.82 Å². The Morgan fingerprint density at radius 1 is 1.15 bits per heavy atom. The van der Waals surface area contributed by atoms with Gasteiger partial charge in [-0.05, 0) is 62.2 Å². The summed E-state index contributed by atoms with van der Waals surface area (Å²) >= 11 is 0. The number of aryl methyl sites for hydroxylation is 1. The maximum Gasteiger partial charge on any atom is 0.255 e. The van der Waals surface area contributed by atoms with Gasteiger partial charge in [0, 0.05) is 30.0 Å². The van der Waals surface area contributed by atoms with E-state index in [9.17, 15) is 4.79 Å². The Labute approximate surface area is 234 Å². The lowest BCUT2D eigenvalue weighted by Gasteiger charge is -2.30. The van der Waals surface area contributed by atoms with Crippen molar-refractivity contribution in [2.75, 3.05) is 41.8 Å². The van der Waals surface area contributed by atoms with Crippen molar-refractivity contribution in [3.8, 4) is 0 Å². The number of hydrogen-bond donors (Lipinski definition) is 2. The van der Waals surface area contributed by atoms with E-state index in [0.29, 0.717) is 16.7 Å². The second-order valence-corrected chi connectivity index (χ2v) is 9.13. The van der Waals surface area contributed by atoms with Crippen molar-refractivity contribution in [3.05, 3.63) is 76.1 Å². The van der Waals surface area contributed by atoms with Crippen LogP contribution in [0.3, 0.4) is 0 Å². The van der Waals surface area contributed by atoms with E-state index in [1.807, 2.05) is 83.2 Å². The van der Waals surface area contributed by atoms with Gasteiger partial charge in [-0.25, -0.2) is 4.98 Å². The van der Waals surface area contributed by atoms with Crippen LogP contribution in [-0.4, -0.2) is 42.2 Å². The van der Waals surface area contributed by atoms with Gasteiger partial charge in [-0.2, -0.15) is 0 Å². The Bertz CT molecular complexity index is 1300. The molecule has 4 rings (SSSR count). The minimum Gasteiger partial charge on any atom is -0.378 e. The number of anilines is 3. The minimum absolute atomic E-state index is 0.0305. The van der Waals surface area contributed by atoms with Gasteiger partial charge in [0.2, 0.25) is 0 Å². The first-order valence-electron chi connectivity index (χ1n) is 14.0. The zero-order valence-corrected chi connectivity index (χ0v) is 24.7. The minimum atomic E-state index is -0.131. The van der Waals surface area contributed by atoms with Crippen LogP contribution >= 0.6 is 0 Å². The van der Waals surface area contributed by atoms with Crippen molar-refractivity contribution in [2.45, 2.75) is 60.9 Å². The summed E-state index contributed by atoms with van der Waals surface area (Å²) in [7, 11) is 0. The Kier molecular flexibility index (Phi) is 13.2. The molecule has 1 unspecified atom stereocenters. The zero-order chi connectivity index (χ0) is 28.8. The van der Waals surface area contributed by atoms with E-state index in [-0.39, 0.29) is 11.9 Å². The summed E-state index contributed by atoms with van der Waals surface area (Å²) < 4.78 is 5.44. The van der Waals surface area contributed by atoms with E-state index in [1.165, 1.54) is 6.42 Å². The van der Waals surface area contributed by atoms with Crippen LogP contribution in [0, 0.1) is 6.92 Å². The van der Waals surface area contributed by atoms with Crippen molar-refractivity contribution in [3.63, 3.8) is 0 Å². The molecule has 1 fully saturated rings. The molecule has 0 bridgehead atoms. The summed E-state index contributed by atoms with van der Waals surface area (Å²) in [5, 5.41) is 7.79. The molecule has 1 aliphatic rings. The molecule has 2 heterocycles. The molecule has 3 aromatic rings. The molecular formula is C32H45N5O2. The summed E-state index contributed by atoms with van der Waals surface area (Å²) in [6.07, 6.45) is 4.83. The summed E-state index contributed by atoms with van der Waals surface area (Å²) in [5.41, 5.74) is 4.64. The van der Waals surface area contributed by atoms with Crippen LogP contribution in [-0.2, 0) is 4.74 Å². The number of carbonyl (C=O) groups excluding carboxylic acids is 1. The third-order valence-electron chi connectivity index (χ3n) is 5.97. The van der Waals surface area contributed by atoms with E-state index in [4.69, 9.17) is 4.74 Å². The second kappa shape index (κ2) is 16.3. The van der Waals surface area contributed by atoms with Crippen LogP contribution in [0.1, 0.15) is 75.5 Å². The van der Waals surface area contributed by atoms with Gasteiger partial charge in [-0.15, -0.1) is 0 Å². The number of carbonyl (C=O) groups is 1. The maximum atomic E-state index is 12.9. The van der Waals surface area contributed by atoms with Gasteiger partial charge in [0.05, 0.1) is 36.2 Å². The summed E-state index contributed by atoms with van der Waals surface area (Å²) in [5.74, 6) is 0.529. The molecule has 0 radical (unpaired) electrons. The summed E-state index contributed by atoms with van der Waals surface area (Å²) in [4.78, 5) is 24.1. The molecular weight excluding hydrogens is 486 g/mol. The van der Waals surface area contributed by atoms with Crippen LogP contribution in [0.25, 0.3) is 12.7 Å². The molecule has 7 nitrogen and oxygen atoms in total.